The van der Waals surface area contributed by atoms with Gasteiger partial charge < -0.3 is 15.0 Å². The van der Waals surface area contributed by atoms with Gasteiger partial charge in [-0.2, -0.15) is 5.10 Å². The highest BCUT2D eigenvalue weighted by Crippen LogP contribution is 2.31. The molecule has 190 valence electrons. The summed E-state index contributed by atoms with van der Waals surface area (Å²) < 4.78 is 7.49. The molecule has 0 radical (unpaired) electrons. The second kappa shape index (κ2) is 11.3. The number of amides is 2. The van der Waals surface area contributed by atoms with Gasteiger partial charge in [-0.3, -0.25) is 14.3 Å². The third-order valence-corrected chi connectivity index (χ3v) is 7.34. The van der Waals surface area contributed by atoms with E-state index in [-0.39, 0.29) is 17.9 Å². The summed E-state index contributed by atoms with van der Waals surface area (Å²) in [5.74, 6) is 0.636. The molecule has 0 unspecified atom stereocenters. The number of unbranched alkanes of at least 4 members (excludes halogenated alkanes) is 1. The lowest BCUT2D eigenvalue weighted by atomic mass is 9.93. The van der Waals surface area contributed by atoms with Crippen LogP contribution in [0, 0.1) is 0 Å². The largest absolute Gasteiger partial charge is 0.494 e. The second-order valence-corrected chi connectivity index (χ2v) is 10.2. The molecule has 2 amide bonds. The minimum absolute atomic E-state index is 0.0671. The molecule has 2 aliphatic rings. The van der Waals surface area contributed by atoms with E-state index in [0.29, 0.717) is 25.4 Å². The molecular weight excluding hydrogens is 440 g/mol. The van der Waals surface area contributed by atoms with Gasteiger partial charge in [-0.1, -0.05) is 46.0 Å². The zero-order valence-electron chi connectivity index (χ0n) is 21.5. The van der Waals surface area contributed by atoms with E-state index < -0.39 is 5.54 Å². The highest BCUT2D eigenvalue weighted by atomic mass is 16.5. The van der Waals surface area contributed by atoms with Gasteiger partial charge in [-0.15, -0.1) is 0 Å². The van der Waals surface area contributed by atoms with Crippen molar-refractivity contribution < 1.29 is 14.3 Å². The van der Waals surface area contributed by atoms with Crippen LogP contribution in [0.1, 0.15) is 89.0 Å². The molecule has 1 aliphatic heterocycles. The van der Waals surface area contributed by atoms with Crippen molar-refractivity contribution in [3.63, 3.8) is 0 Å². The molecule has 4 rings (SSSR count). The molecule has 0 saturated heterocycles. The van der Waals surface area contributed by atoms with Crippen molar-refractivity contribution in [3.05, 3.63) is 36.0 Å². The average molecular weight is 481 g/mol. The minimum Gasteiger partial charge on any atom is -0.494 e. The maximum Gasteiger partial charge on any atom is 0.273 e. The number of nitrogens with one attached hydrogen (secondary N) is 1. The quantitative estimate of drug-likeness (QED) is 0.396. The standard InChI is InChI=1S/C28H40N4O3/c1-4-6-18-35-23-15-13-21(14-16-23)24-19-25-26(33)31(17-5-2)28(3,20-32(25)30-24)27(34)29-22-11-9-7-8-10-12-22/h13-16,19,22H,4-12,17-18,20H2,1-3H3,(H,29,34)/t28-/m1/s1. The number of hydrogen-bond acceptors (Lipinski definition) is 4. The first-order chi connectivity index (χ1) is 17.0. The third-order valence-electron chi connectivity index (χ3n) is 7.34. The molecule has 1 aromatic heterocycles. The molecule has 1 saturated carbocycles. The van der Waals surface area contributed by atoms with Crippen LogP contribution in [0.3, 0.4) is 0 Å². The number of carbonyl (C=O) groups excluding carboxylic acids is 2. The van der Waals surface area contributed by atoms with Crippen molar-refractivity contribution >= 4 is 11.8 Å². The van der Waals surface area contributed by atoms with Gasteiger partial charge in [0, 0.05) is 18.2 Å². The van der Waals surface area contributed by atoms with Crippen molar-refractivity contribution in [2.75, 3.05) is 13.2 Å². The summed E-state index contributed by atoms with van der Waals surface area (Å²) >= 11 is 0. The van der Waals surface area contributed by atoms with E-state index in [4.69, 9.17) is 9.84 Å². The normalized spacial score (nSPS) is 20.9. The van der Waals surface area contributed by atoms with Crippen LogP contribution in [0.15, 0.2) is 30.3 Å². The number of rotatable bonds is 9. The predicted octanol–water partition coefficient (Wildman–Crippen LogP) is 5.19. The molecule has 1 atom stereocenters. The van der Waals surface area contributed by atoms with Crippen LogP contribution in [-0.4, -0.2) is 51.2 Å². The summed E-state index contributed by atoms with van der Waals surface area (Å²) in [4.78, 5) is 28.9. The van der Waals surface area contributed by atoms with E-state index in [1.54, 1.807) is 9.58 Å². The van der Waals surface area contributed by atoms with Gasteiger partial charge in [-0.25, -0.2) is 0 Å². The lowest BCUT2D eigenvalue weighted by Crippen LogP contribution is -2.65. The lowest BCUT2D eigenvalue weighted by molar-refractivity contribution is -0.134. The Labute approximate surface area is 209 Å². The van der Waals surface area contributed by atoms with E-state index in [9.17, 15) is 9.59 Å². The number of ether oxygens (including phenoxy) is 1. The highest BCUT2D eigenvalue weighted by molar-refractivity contribution is 6.00. The first-order valence-electron chi connectivity index (χ1n) is 13.4. The molecule has 1 N–H and O–H groups in total. The number of hydrogen-bond donors (Lipinski definition) is 1. The molecular formula is C28H40N4O3. The Balaban J connectivity index is 1.55. The fourth-order valence-corrected chi connectivity index (χ4v) is 5.18. The Morgan fingerprint density at radius 1 is 1.11 bits per heavy atom. The van der Waals surface area contributed by atoms with Crippen LogP contribution in [0.25, 0.3) is 11.3 Å². The number of nitrogens with zero attached hydrogens (tertiary/aromatic N) is 3. The van der Waals surface area contributed by atoms with Gasteiger partial charge in [0.2, 0.25) is 5.91 Å². The first-order valence-corrected chi connectivity index (χ1v) is 13.4. The maximum atomic E-state index is 13.6. The van der Waals surface area contributed by atoms with E-state index in [0.717, 1.165) is 62.0 Å². The average Bonchev–Trinajstić information content (AvgIpc) is 3.10. The smallest absolute Gasteiger partial charge is 0.273 e. The van der Waals surface area contributed by atoms with Crippen LogP contribution >= 0.6 is 0 Å². The Bertz CT molecular complexity index is 1010. The van der Waals surface area contributed by atoms with Crippen molar-refractivity contribution in [2.24, 2.45) is 0 Å². The van der Waals surface area contributed by atoms with Crippen molar-refractivity contribution in [1.82, 2.24) is 20.0 Å². The SMILES string of the molecule is CCCCOc1ccc(-c2cc3n(n2)C[C@](C)(C(=O)NC2CCCCCC2)N(CCC)C3=O)cc1. The summed E-state index contributed by atoms with van der Waals surface area (Å²) in [7, 11) is 0. The van der Waals surface area contributed by atoms with Gasteiger partial charge in [0.25, 0.3) is 5.91 Å². The van der Waals surface area contributed by atoms with Gasteiger partial charge in [0.05, 0.1) is 18.8 Å². The highest BCUT2D eigenvalue weighted by Gasteiger charge is 2.48. The van der Waals surface area contributed by atoms with Crippen molar-refractivity contribution in [2.45, 2.75) is 96.7 Å². The molecule has 1 aliphatic carbocycles. The molecule has 0 bridgehead atoms. The molecule has 2 aromatic rings. The van der Waals surface area contributed by atoms with Gasteiger partial charge >= 0.3 is 0 Å². The molecule has 2 heterocycles. The molecule has 0 spiro atoms. The lowest BCUT2D eigenvalue weighted by Gasteiger charge is -2.43. The van der Waals surface area contributed by atoms with Gasteiger partial charge in [0.15, 0.2) is 0 Å². The van der Waals surface area contributed by atoms with E-state index >= 15 is 0 Å². The van der Waals surface area contributed by atoms with Crippen LogP contribution in [-0.2, 0) is 11.3 Å². The fraction of sp³-hybridized carbons (Fsp3) is 0.607. The van der Waals surface area contributed by atoms with E-state index in [2.05, 4.69) is 12.2 Å². The van der Waals surface area contributed by atoms with Gasteiger partial charge in [-0.05, 0) is 62.9 Å². The van der Waals surface area contributed by atoms with E-state index in [1.165, 1.54) is 12.8 Å². The number of fused-ring (bicyclic) bond motifs is 1. The zero-order valence-corrected chi connectivity index (χ0v) is 21.5. The molecule has 1 fully saturated rings. The molecule has 7 heteroatoms. The van der Waals surface area contributed by atoms with Crippen LogP contribution in [0.2, 0.25) is 0 Å². The monoisotopic (exact) mass is 480 g/mol. The van der Waals surface area contributed by atoms with Crippen molar-refractivity contribution in [1.29, 1.82) is 0 Å². The van der Waals surface area contributed by atoms with E-state index in [1.807, 2.05) is 44.2 Å². The fourth-order valence-electron chi connectivity index (χ4n) is 5.18. The van der Waals surface area contributed by atoms with Crippen molar-refractivity contribution in [3.8, 4) is 17.0 Å². The van der Waals surface area contributed by atoms with Crippen LogP contribution in [0.4, 0.5) is 0 Å². The molecule has 35 heavy (non-hydrogen) atoms. The molecule has 7 nitrogen and oxygen atoms in total. The Kier molecular flexibility index (Phi) is 8.14. The second-order valence-electron chi connectivity index (χ2n) is 10.2. The molecule has 1 aromatic carbocycles. The Morgan fingerprint density at radius 2 is 1.83 bits per heavy atom. The Morgan fingerprint density at radius 3 is 2.49 bits per heavy atom. The minimum atomic E-state index is -0.966. The summed E-state index contributed by atoms with van der Waals surface area (Å²) in [6, 6.07) is 9.87. The first kappa shape index (κ1) is 25.3. The van der Waals surface area contributed by atoms with Gasteiger partial charge in [0.1, 0.15) is 17.0 Å². The predicted molar refractivity (Wildman–Crippen MR) is 137 cm³/mol. The number of benzene rings is 1. The number of carbonyl (C=O) groups is 2. The topological polar surface area (TPSA) is 76.5 Å². The summed E-state index contributed by atoms with van der Waals surface area (Å²) in [6.07, 6.45) is 9.70. The number of aromatic nitrogens is 2. The summed E-state index contributed by atoms with van der Waals surface area (Å²) in [6.45, 7) is 7.67. The zero-order chi connectivity index (χ0) is 24.8. The summed E-state index contributed by atoms with van der Waals surface area (Å²) in [5.41, 5.74) is 1.23. The van der Waals surface area contributed by atoms with Crippen LogP contribution in [0.5, 0.6) is 5.75 Å². The maximum absolute atomic E-state index is 13.6. The van der Waals surface area contributed by atoms with Crippen LogP contribution < -0.4 is 10.1 Å². The third kappa shape index (κ3) is 5.54. The summed E-state index contributed by atoms with van der Waals surface area (Å²) in [5, 5.41) is 8.05. The Hall–Kier alpha value is -2.83.